The van der Waals surface area contributed by atoms with Gasteiger partial charge in [0.05, 0.1) is 0 Å². The van der Waals surface area contributed by atoms with E-state index in [4.69, 9.17) is 0 Å². The molecule has 5 aliphatic rings. The maximum Gasteiger partial charge on any atom is 0.252 e. The summed E-state index contributed by atoms with van der Waals surface area (Å²) in [5.74, 6) is 0. The number of fused-ring (bicyclic) bond motifs is 7. The number of hydrogen-bond donors (Lipinski definition) is 0. The first-order chi connectivity index (χ1) is 35.2. The first-order valence-corrected chi connectivity index (χ1v) is 27.0. The minimum absolute atomic E-state index is 0.0248. The van der Waals surface area contributed by atoms with Crippen LogP contribution < -0.4 is 31.1 Å². The minimum atomic E-state index is -2.38. The molecule has 7 aromatic carbocycles. The molecule has 2 heterocycles. The lowest BCUT2D eigenvalue weighted by atomic mass is 9.33. The zero-order chi connectivity index (χ0) is 53.2. The number of hydrogen-bond acceptors (Lipinski definition) is 3. The Morgan fingerprint density at radius 2 is 0.861 bits per heavy atom. The Hall–Kier alpha value is -6.00. The van der Waals surface area contributed by atoms with Gasteiger partial charge in [-0.15, -0.1) is 0 Å². The van der Waals surface area contributed by atoms with E-state index >= 15 is 0 Å². The monoisotopic (exact) mass is 949 g/mol. The van der Waals surface area contributed by atoms with Crippen molar-refractivity contribution in [1.82, 2.24) is 0 Å². The van der Waals surface area contributed by atoms with Crippen LogP contribution in [-0.2, 0) is 32.5 Å². The highest BCUT2D eigenvalue weighted by atomic mass is 15.2. The molecule has 0 unspecified atom stereocenters. The van der Waals surface area contributed by atoms with E-state index in [0.717, 1.165) is 95.2 Å². The summed E-state index contributed by atoms with van der Waals surface area (Å²) in [5.41, 5.74) is 22.9. The first kappa shape index (κ1) is 43.6. The molecule has 72 heavy (non-hydrogen) atoms. The average molecular weight is 949 g/mol. The van der Waals surface area contributed by atoms with Crippen LogP contribution in [0.4, 0.5) is 51.2 Å². The quantitative estimate of drug-likeness (QED) is 0.159. The standard InChI is InChI=1S/C68H76BN3/c1-43-35-60-62-61(36-43)72(58-41-53-50(37-44(58)2)64(5,6)31-33-67(53,11)12)57-28-26-48(70(45-21-17-15-18-22-45)46-23-19-16-20-24-46)39-55(57)69(62)56-40-52-54(68(13,14)34-32-66(52,9)10)42-59(56)71(60)47-25-27-49-51(38-47)65(7,8)30-29-63(49,3)4/h15-28,35-42H,29-34H2,1-14H3/i1D3. The molecule has 0 aromatic heterocycles. The molecule has 3 aliphatic carbocycles. The van der Waals surface area contributed by atoms with E-state index < -0.39 is 6.85 Å². The smallest absolute Gasteiger partial charge is 0.252 e. The second kappa shape index (κ2) is 15.8. The third kappa shape index (κ3) is 7.11. The summed E-state index contributed by atoms with van der Waals surface area (Å²) in [7, 11) is 0. The summed E-state index contributed by atoms with van der Waals surface area (Å²) in [6, 6.07) is 50.0. The van der Waals surface area contributed by atoms with Gasteiger partial charge in [-0.3, -0.25) is 0 Å². The topological polar surface area (TPSA) is 9.72 Å². The van der Waals surface area contributed by atoms with Crippen LogP contribution in [0.2, 0.25) is 0 Å². The van der Waals surface area contributed by atoms with Gasteiger partial charge < -0.3 is 14.7 Å². The number of para-hydroxylation sites is 2. The number of nitrogens with zero attached hydrogens (tertiary/aromatic N) is 3. The predicted molar refractivity (Wildman–Crippen MR) is 310 cm³/mol. The summed E-state index contributed by atoms with van der Waals surface area (Å²) in [6.45, 7) is 28.6. The second-order valence-electron chi connectivity index (χ2n) is 26.5. The fourth-order valence-electron chi connectivity index (χ4n) is 14.0. The molecule has 0 atom stereocenters. The Bertz CT molecular complexity index is 3430. The van der Waals surface area contributed by atoms with Gasteiger partial charge in [-0.1, -0.05) is 138 Å². The highest BCUT2D eigenvalue weighted by Gasteiger charge is 2.48. The Morgan fingerprint density at radius 1 is 0.403 bits per heavy atom. The third-order valence-corrected chi connectivity index (χ3v) is 18.8. The van der Waals surface area contributed by atoms with Gasteiger partial charge in [-0.2, -0.15) is 0 Å². The number of benzene rings is 7. The lowest BCUT2D eigenvalue weighted by Crippen LogP contribution is -2.62. The van der Waals surface area contributed by atoms with E-state index in [1.165, 1.54) is 49.9 Å². The molecule has 12 rings (SSSR count). The second-order valence-corrected chi connectivity index (χ2v) is 26.5. The molecule has 366 valence electrons. The molecule has 0 fully saturated rings. The Kier molecular flexibility index (Phi) is 9.54. The molecule has 0 radical (unpaired) electrons. The van der Waals surface area contributed by atoms with E-state index in [2.05, 4.69) is 226 Å². The number of rotatable bonds is 5. The summed E-state index contributed by atoms with van der Waals surface area (Å²) in [6.07, 6.45) is 6.63. The van der Waals surface area contributed by atoms with Crippen LogP contribution in [-0.4, -0.2) is 6.71 Å². The Labute approximate surface area is 437 Å². The fraction of sp³-hybridized carbons (Fsp3) is 0.382. The van der Waals surface area contributed by atoms with Crippen molar-refractivity contribution in [2.45, 2.75) is 168 Å². The molecule has 3 nitrogen and oxygen atoms in total. The molecular formula is C68H76BN3. The molecule has 0 bridgehead atoms. The fourth-order valence-corrected chi connectivity index (χ4v) is 14.0. The van der Waals surface area contributed by atoms with Crippen molar-refractivity contribution < 1.29 is 4.11 Å². The van der Waals surface area contributed by atoms with Crippen LogP contribution in [0.1, 0.15) is 170 Å². The van der Waals surface area contributed by atoms with Crippen molar-refractivity contribution in [2.24, 2.45) is 0 Å². The van der Waals surface area contributed by atoms with Gasteiger partial charge in [0.1, 0.15) is 0 Å². The molecule has 2 aliphatic heterocycles. The molecule has 0 saturated carbocycles. The molecule has 0 N–H and O–H groups in total. The average Bonchev–Trinajstić information content (AvgIpc) is 3.39. The van der Waals surface area contributed by atoms with Crippen LogP contribution in [0.5, 0.6) is 0 Å². The van der Waals surface area contributed by atoms with Gasteiger partial charge in [0.2, 0.25) is 0 Å². The van der Waals surface area contributed by atoms with Gasteiger partial charge in [-0.05, 0) is 225 Å². The highest BCUT2D eigenvalue weighted by Crippen LogP contribution is 2.55. The zero-order valence-electron chi connectivity index (χ0n) is 48.4. The van der Waals surface area contributed by atoms with Crippen LogP contribution in [0.25, 0.3) is 0 Å². The van der Waals surface area contributed by atoms with E-state index in [-0.39, 0.29) is 39.2 Å². The number of aryl methyl sites for hydroxylation is 2. The van der Waals surface area contributed by atoms with Gasteiger partial charge in [-0.25, -0.2) is 0 Å². The predicted octanol–water partition coefficient (Wildman–Crippen LogP) is 16.9. The molecule has 0 saturated heterocycles. The lowest BCUT2D eigenvalue weighted by molar-refractivity contribution is 0.332. The lowest BCUT2D eigenvalue weighted by Gasteiger charge is -2.48. The van der Waals surface area contributed by atoms with Gasteiger partial charge >= 0.3 is 0 Å². The van der Waals surface area contributed by atoms with E-state index in [1.807, 2.05) is 12.1 Å². The summed E-state index contributed by atoms with van der Waals surface area (Å²) < 4.78 is 27.9. The van der Waals surface area contributed by atoms with Crippen molar-refractivity contribution in [2.75, 3.05) is 14.7 Å². The highest BCUT2D eigenvalue weighted by molar-refractivity contribution is 7.00. The molecule has 0 spiro atoms. The van der Waals surface area contributed by atoms with Crippen LogP contribution in [0.15, 0.2) is 133 Å². The largest absolute Gasteiger partial charge is 0.311 e. The summed E-state index contributed by atoms with van der Waals surface area (Å²) in [5, 5.41) is 0. The molecule has 7 aromatic rings. The summed E-state index contributed by atoms with van der Waals surface area (Å²) >= 11 is 0. The van der Waals surface area contributed by atoms with Crippen molar-refractivity contribution in [3.63, 3.8) is 0 Å². The van der Waals surface area contributed by atoms with Crippen molar-refractivity contribution in [3.8, 4) is 0 Å². The molecule has 4 heteroatoms. The maximum absolute atomic E-state index is 9.29. The minimum Gasteiger partial charge on any atom is -0.311 e. The Morgan fingerprint density at radius 3 is 1.40 bits per heavy atom. The molecular weight excluding hydrogens is 870 g/mol. The van der Waals surface area contributed by atoms with E-state index in [1.54, 1.807) is 0 Å². The summed E-state index contributed by atoms with van der Waals surface area (Å²) in [4.78, 5) is 7.35. The van der Waals surface area contributed by atoms with Crippen LogP contribution in [0.3, 0.4) is 0 Å². The Balaban J connectivity index is 1.23. The van der Waals surface area contributed by atoms with Gasteiger partial charge in [0.25, 0.3) is 6.71 Å². The van der Waals surface area contributed by atoms with E-state index in [0.29, 0.717) is 5.56 Å². The van der Waals surface area contributed by atoms with Crippen molar-refractivity contribution in [3.05, 3.63) is 178 Å². The van der Waals surface area contributed by atoms with Crippen LogP contribution >= 0.6 is 0 Å². The zero-order valence-corrected chi connectivity index (χ0v) is 45.4. The normalized spacial score (nSPS) is 20.6. The van der Waals surface area contributed by atoms with Gasteiger partial charge in [0.15, 0.2) is 0 Å². The van der Waals surface area contributed by atoms with Crippen molar-refractivity contribution in [1.29, 1.82) is 0 Å². The van der Waals surface area contributed by atoms with Crippen LogP contribution in [0, 0.1) is 13.8 Å². The maximum atomic E-state index is 9.29. The van der Waals surface area contributed by atoms with Gasteiger partial charge in [0, 0.05) is 55.3 Å². The third-order valence-electron chi connectivity index (χ3n) is 18.8. The van der Waals surface area contributed by atoms with Crippen molar-refractivity contribution >= 4 is 74.3 Å². The molecule has 0 amide bonds. The SMILES string of the molecule is [2H]C([2H])([2H])c1cc2c3c(c1)N(c1cc4c(cc1C)C(C)(C)CCC4(C)C)c1ccc(N(c4ccccc4)c4ccccc4)cc1B3c1cc3c(cc1N2c1ccc2c(c1)C(C)(C)CCC2(C)C)C(C)(C)CCC3(C)C. The first-order valence-electron chi connectivity index (χ1n) is 28.5. The number of anilines is 9. The van der Waals surface area contributed by atoms with E-state index in [9.17, 15) is 4.11 Å².